The molecule has 6 rings (SSSR count). The number of nitrogen functional groups attached to an aromatic ring is 1. The first kappa shape index (κ1) is 56.2. The molecule has 26 N–H and O–H groups in total. The van der Waals surface area contributed by atoms with Gasteiger partial charge in [-0.3, -0.25) is 70.6 Å². The molecule has 0 saturated carbocycles. The number of primary amides is 1. The number of hydrogen-bond acceptors (Lipinski definition) is 17. The molecule has 408 valence electrons. The van der Waals surface area contributed by atoms with Gasteiger partial charge in [0.05, 0.1) is 15.9 Å². The van der Waals surface area contributed by atoms with E-state index in [1.165, 1.54) is 30.3 Å². The van der Waals surface area contributed by atoms with Crippen LogP contribution in [0.15, 0.2) is 125 Å². The minimum absolute atomic E-state index is 0.0114. The average molecular weight is 1080 g/mol. The van der Waals surface area contributed by atoms with Gasteiger partial charge in [-0.25, -0.2) is 0 Å². The molecule has 0 bridgehead atoms. The molecule has 0 aromatic heterocycles. The van der Waals surface area contributed by atoms with Gasteiger partial charge in [0.15, 0.2) is 48.5 Å². The highest BCUT2D eigenvalue weighted by atomic mass is 16.6. The summed E-state index contributed by atoms with van der Waals surface area (Å²) >= 11 is 0. The van der Waals surface area contributed by atoms with Gasteiger partial charge in [-0.2, -0.15) is 0 Å². The van der Waals surface area contributed by atoms with Crippen molar-refractivity contribution < 1.29 is 43.7 Å². The maximum Gasteiger partial charge on any atom is 0.299 e. The maximum absolute atomic E-state index is 14.6. The van der Waals surface area contributed by atoms with E-state index >= 15 is 0 Å². The first-order chi connectivity index (χ1) is 36.8. The van der Waals surface area contributed by atoms with Crippen LogP contribution >= 0.6 is 0 Å². The van der Waals surface area contributed by atoms with E-state index in [1.807, 2.05) is 52.4 Å². The van der Waals surface area contributed by atoms with Gasteiger partial charge < -0.3 is 92.3 Å². The smallest absolute Gasteiger partial charge is 0.299 e. The van der Waals surface area contributed by atoms with E-state index in [1.54, 1.807) is 12.2 Å². The number of nitro groups is 2. The Labute approximate surface area is 439 Å². The van der Waals surface area contributed by atoms with Crippen molar-refractivity contribution in [2.24, 2.45) is 34.6 Å². The summed E-state index contributed by atoms with van der Waals surface area (Å²) in [5.74, 6) is -12.1. The molecule has 33 heteroatoms. The number of rotatable bonds is 22. The second kappa shape index (κ2) is 23.8. The number of nitrogens with one attached hydrogen (secondary N) is 13. The summed E-state index contributed by atoms with van der Waals surface area (Å²) in [6, 6.07) is 6.67. The number of guanidine groups is 4. The fraction of sp³-hybridized carbons (Fsp3) is 0.200. The van der Waals surface area contributed by atoms with Gasteiger partial charge in [-0.05, 0) is 57.6 Å². The fourth-order valence-corrected chi connectivity index (χ4v) is 8.45. The molecule has 4 aliphatic rings. The van der Waals surface area contributed by atoms with Crippen LogP contribution in [0.1, 0.15) is 18.0 Å². The number of carbonyl (C=O) groups is 6. The maximum atomic E-state index is 14.6. The van der Waals surface area contributed by atoms with Gasteiger partial charge in [-0.15, -0.1) is 0 Å². The first-order valence-corrected chi connectivity index (χ1v) is 22.7. The number of allylic oxidation sites excluding steroid dienone is 12. The van der Waals surface area contributed by atoms with Crippen LogP contribution in [0.4, 0.5) is 22.7 Å². The highest BCUT2D eigenvalue weighted by Crippen LogP contribution is 2.49. The third kappa shape index (κ3) is 13.2. The molecule has 6 amide bonds. The number of benzene rings is 2. The average Bonchev–Trinajstić information content (AvgIpc) is 3.37. The molecule has 0 saturated heterocycles. The van der Waals surface area contributed by atoms with Gasteiger partial charge in [0, 0.05) is 12.5 Å². The third-order valence-corrected chi connectivity index (χ3v) is 11.8. The third-order valence-electron chi connectivity index (χ3n) is 11.8. The Morgan fingerprint density at radius 1 is 0.667 bits per heavy atom. The summed E-state index contributed by atoms with van der Waals surface area (Å²) in [6.07, 6.45) is 5.01. The Morgan fingerprint density at radius 3 is 1.72 bits per heavy atom. The normalized spacial score (nSPS) is 16.8. The Bertz CT molecular complexity index is 3150. The molecular weight excluding hydrogens is 1020 g/mol. The Morgan fingerprint density at radius 2 is 1.19 bits per heavy atom. The zero-order valence-electron chi connectivity index (χ0n) is 40.5. The number of aliphatic hydroxyl groups excluding tert-OH is 1. The monoisotopic (exact) mass is 1080 g/mol. The van der Waals surface area contributed by atoms with Crippen LogP contribution < -0.4 is 87.2 Å². The zero-order chi connectivity index (χ0) is 57.3. The molecule has 7 atom stereocenters. The number of aliphatic hydroxyl groups is 1. The zero-order valence-corrected chi connectivity index (χ0v) is 40.5. The number of amides is 6. The van der Waals surface area contributed by atoms with Crippen molar-refractivity contribution in [3.05, 3.63) is 150 Å². The number of nitro benzene ring substituents is 2. The molecule has 2 aromatic rings. The molecule has 0 heterocycles. The lowest BCUT2D eigenvalue weighted by atomic mass is 9.67. The van der Waals surface area contributed by atoms with Crippen molar-refractivity contribution in [2.75, 3.05) is 17.2 Å². The number of hydrogen-bond donors (Lipinski definition) is 20. The van der Waals surface area contributed by atoms with Gasteiger partial charge in [0.25, 0.3) is 40.9 Å². The Hall–Kier alpha value is -11.1. The van der Waals surface area contributed by atoms with Crippen molar-refractivity contribution in [1.82, 2.24) is 47.9 Å². The molecule has 7 unspecified atom stereocenters. The molecule has 0 spiro atoms. The van der Waals surface area contributed by atoms with E-state index in [9.17, 15) is 54.1 Å². The molecule has 4 aliphatic carbocycles. The summed E-state index contributed by atoms with van der Waals surface area (Å²) in [4.78, 5) is 105. The molecule has 0 radical (unpaired) electrons. The highest BCUT2D eigenvalue weighted by molar-refractivity contribution is 6.00. The van der Waals surface area contributed by atoms with Crippen LogP contribution in [0.2, 0.25) is 0 Å². The quantitative estimate of drug-likeness (QED) is 0.0132. The minimum atomic E-state index is -2.47. The van der Waals surface area contributed by atoms with E-state index in [4.69, 9.17) is 56.0 Å². The van der Waals surface area contributed by atoms with Crippen molar-refractivity contribution in [1.29, 1.82) is 21.6 Å². The van der Waals surface area contributed by atoms with Gasteiger partial charge in [-0.1, -0.05) is 72.9 Å². The van der Waals surface area contributed by atoms with Gasteiger partial charge in [0.2, 0.25) is 12.1 Å². The Kier molecular flexibility index (Phi) is 17.2. The molecular formula is C45H52N22O11. The lowest BCUT2D eigenvalue weighted by molar-refractivity contribution is -0.393. The highest BCUT2D eigenvalue weighted by Gasteiger charge is 2.40. The molecule has 78 heavy (non-hydrogen) atoms. The van der Waals surface area contributed by atoms with Crippen LogP contribution in [-0.4, -0.2) is 112 Å². The van der Waals surface area contributed by atoms with Gasteiger partial charge >= 0.3 is 0 Å². The van der Waals surface area contributed by atoms with Crippen molar-refractivity contribution in [3.8, 4) is 0 Å². The molecule has 33 nitrogen and oxygen atoms in total. The summed E-state index contributed by atoms with van der Waals surface area (Å²) in [7, 11) is 0. The number of anilines is 2. The van der Waals surface area contributed by atoms with E-state index in [0.717, 1.165) is 33.3 Å². The van der Waals surface area contributed by atoms with Crippen molar-refractivity contribution in [3.63, 3.8) is 0 Å². The summed E-state index contributed by atoms with van der Waals surface area (Å²) in [5.41, 5.74) is 35.0. The van der Waals surface area contributed by atoms with E-state index < -0.39 is 135 Å². The second-order valence-electron chi connectivity index (χ2n) is 17.1. The molecule has 2 aromatic carbocycles. The summed E-state index contributed by atoms with van der Waals surface area (Å²) in [6.45, 7) is -0.475. The second-order valence-corrected chi connectivity index (χ2v) is 17.1. The van der Waals surface area contributed by atoms with E-state index in [2.05, 4.69) is 31.9 Å². The van der Waals surface area contributed by atoms with E-state index in [-0.39, 0.29) is 11.5 Å². The van der Waals surface area contributed by atoms with Crippen LogP contribution in [0.25, 0.3) is 0 Å². The topological polar surface area (TPSA) is 572 Å². The number of carbonyl (C=O) groups excluding carboxylic acids is 6. The molecule has 0 aliphatic heterocycles. The molecule has 0 fully saturated rings. The van der Waals surface area contributed by atoms with Crippen LogP contribution in [0.5, 0.6) is 0 Å². The van der Waals surface area contributed by atoms with Crippen LogP contribution in [0, 0.1) is 47.8 Å². The minimum Gasteiger partial charge on any atom is -0.393 e. The largest absolute Gasteiger partial charge is 0.393 e. The summed E-state index contributed by atoms with van der Waals surface area (Å²) in [5, 5.41) is 86.4. The van der Waals surface area contributed by atoms with Crippen molar-refractivity contribution in [2.45, 2.75) is 43.4 Å². The standard InChI is InChI=1S/C45H52N22O11/c46-24-15-26(27(67(77)78)16-25(24)66(75)76)65(17-22-14-21-10-4-8-18-12-13-19-9-5-11-23(22)29(19)28(18)21)41(74)40(73)56-30(20-6-2-1-3-7-20)36(69)58-33(62-43(50)51)38(71)60-35(64-45(54)55)39(72)59-34(63-44(52)53)37(70)57-32(31(47)68)61-42(48)49/h1-7,9-16,29-30,32-35,41,74H,8,17,46H2,(H2,47,68)(H,56,73)(H,57,70)(H,58,69)(H,59,72)(H,60,71)(H4,48,49,61)(H4,50,51,62)(H4,52,53,63)(H4,54,55,64). The van der Waals surface area contributed by atoms with Gasteiger partial charge in [0.1, 0.15) is 17.4 Å². The van der Waals surface area contributed by atoms with Crippen molar-refractivity contribution >= 4 is 82.0 Å². The lowest BCUT2D eigenvalue weighted by Crippen LogP contribution is -2.68. The number of nitrogens with two attached hydrogens (primary N) is 6. The van der Waals surface area contributed by atoms with E-state index in [0.29, 0.717) is 23.6 Å². The fourth-order valence-electron chi connectivity index (χ4n) is 8.45. The SMILES string of the molecule is N=C(N)NC(NC(=O)C(NC(=N)N)NC(=O)C(NC(=N)N)NC(=O)C(NC(=N)N)NC(=O)C(NC(=O)C(O)N(CC1=CC2=C3C(=CC=C4C=CC=C1C43)CC=C2)c1cc(N)c([N+](=O)[O-])cc1[N+](=O)[O-])c1ccccc1)C(N)=O. The Balaban J connectivity index is 1.32. The number of nitrogens with zero attached hydrogens (tertiary/aromatic N) is 3. The first-order valence-electron chi connectivity index (χ1n) is 22.7. The van der Waals surface area contributed by atoms with Crippen LogP contribution in [0.3, 0.4) is 0 Å². The lowest BCUT2D eigenvalue weighted by Gasteiger charge is -2.39. The van der Waals surface area contributed by atoms with Crippen LogP contribution in [-0.2, 0) is 28.8 Å². The predicted octanol–water partition coefficient (Wildman–Crippen LogP) is -4.57. The summed E-state index contributed by atoms with van der Waals surface area (Å²) < 4.78 is 0. The predicted molar refractivity (Wildman–Crippen MR) is 278 cm³/mol.